The summed E-state index contributed by atoms with van der Waals surface area (Å²) in [5.74, 6) is -0.120. The second kappa shape index (κ2) is 5.61. The lowest BCUT2D eigenvalue weighted by atomic mass is 10.0. The molecule has 1 unspecified atom stereocenters. The highest BCUT2D eigenvalue weighted by molar-refractivity contribution is 5.26. The molecule has 0 radical (unpaired) electrons. The molecular formula is C14H21FN2. The van der Waals surface area contributed by atoms with E-state index in [9.17, 15) is 4.39 Å². The average Bonchev–Trinajstić information content (AvgIpc) is 2.33. The molecule has 1 heterocycles. The maximum atomic E-state index is 13.9. The standard InChI is InChI=1S/C14H21FN2/c1-11(16)12-5-6-13(14(15)9-12)10-17-7-3-2-4-8-17/h5-6,9,11H,2-4,7-8,10,16H2,1H3. The normalized spacial score (nSPS) is 19.2. The van der Waals surface area contributed by atoms with E-state index in [0.717, 1.165) is 30.8 Å². The molecule has 3 heteroatoms. The molecule has 17 heavy (non-hydrogen) atoms. The lowest BCUT2D eigenvalue weighted by Gasteiger charge is -2.26. The predicted molar refractivity (Wildman–Crippen MR) is 68.1 cm³/mol. The van der Waals surface area contributed by atoms with Crippen molar-refractivity contribution in [1.82, 2.24) is 4.90 Å². The number of likely N-dealkylation sites (tertiary alicyclic amines) is 1. The summed E-state index contributed by atoms with van der Waals surface area (Å²) in [5.41, 5.74) is 7.39. The number of piperidine rings is 1. The van der Waals surface area contributed by atoms with Crippen LogP contribution < -0.4 is 5.73 Å². The van der Waals surface area contributed by atoms with Crippen molar-refractivity contribution in [3.8, 4) is 0 Å². The van der Waals surface area contributed by atoms with Crippen LogP contribution in [0.4, 0.5) is 4.39 Å². The van der Waals surface area contributed by atoms with Crippen molar-refractivity contribution in [2.24, 2.45) is 5.73 Å². The summed E-state index contributed by atoms with van der Waals surface area (Å²) in [6.07, 6.45) is 3.78. The zero-order valence-electron chi connectivity index (χ0n) is 10.5. The lowest BCUT2D eigenvalue weighted by Crippen LogP contribution is -2.29. The van der Waals surface area contributed by atoms with Gasteiger partial charge < -0.3 is 5.73 Å². The first-order valence-electron chi connectivity index (χ1n) is 6.43. The molecule has 0 saturated carbocycles. The summed E-state index contributed by atoms with van der Waals surface area (Å²) in [4.78, 5) is 2.33. The zero-order chi connectivity index (χ0) is 12.3. The highest BCUT2D eigenvalue weighted by Crippen LogP contribution is 2.18. The molecule has 2 rings (SSSR count). The molecule has 2 nitrogen and oxygen atoms in total. The van der Waals surface area contributed by atoms with E-state index < -0.39 is 0 Å². The van der Waals surface area contributed by atoms with Gasteiger partial charge in [0.1, 0.15) is 5.82 Å². The van der Waals surface area contributed by atoms with E-state index in [1.54, 1.807) is 6.07 Å². The summed E-state index contributed by atoms with van der Waals surface area (Å²) >= 11 is 0. The molecular weight excluding hydrogens is 215 g/mol. The minimum absolute atomic E-state index is 0.103. The molecule has 0 spiro atoms. The van der Waals surface area contributed by atoms with E-state index in [0.29, 0.717) is 0 Å². The van der Waals surface area contributed by atoms with E-state index in [2.05, 4.69) is 4.90 Å². The first-order valence-corrected chi connectivity index (χ1v) is 6.43. The van der Waals surface area contributed by atoms with Gasteiger partial charge in [0.15, 0.2) is 0 Å². The fourth-order valence-electron chi connectivity index (χ4n) is 2.33. The smallest absolute Gasteiger partial charge is 0.128 e. The fourth-order valence-corrected chi connectivity index (χ4v) is 2.33. The maximum Gasteiger partial charge on any atom is 0.128 e. The number of halogens is 1. The molecule has 94 valence electrons. The number of benzene rings is 1. The van der Waals surface area contributed by atoms with Crippen molar-refractivity contribution in [2.45, 2.75) is 38.8 Å². The molecule has 1 atom stereocenters. The molecule has 1 aliphatic rings. The molecule has 0 aromatic heterocycles. The van der Waals surface area contributed by atoms with Crippen LogP contribution in [0.5, 0.6) is 0 Å². The van der Waals surface area contributed by atoms with Crippen LogP contribution in [0.15, 0.2) is 18.2 Å². The third-order valence-electron chi connectivity index (χ3n) is 3.45. The van der Waals surface area contributed by atoms with E-state index in [1.807, 2.05) is 19.1 Å². The summed E-state index contributed by atoms with van der Waals surface area (Å²) in [7, 11) is 0. The SMILES string of the molecule is CC(N)c1ccc(CN2CCCCC2)c(F)c1. The molecule has 0 amide bonds. The molecule has 0 aliphatic carbocycles. The molecule has 1 fully saturated rings. The van der Waals surface area contributed by atoms with Gasteiger partial charge in [0.25, 0.3) is 0 Å². The van der Waals surface area contributed by atoms with Crippen molar-refractivity contribution >= 4 is 0 Å². The molecule has 2 N–H and O–H groups in total. The topological polar surface area (TPSA) is 29.3 Å². The second-order valence-electron chi connectivity index (χ2n) is 4.98. The van der Waals surface area contributed by atoms with Gasteiger partial charge in [-0.05, 0) is 44.5 Å². The van der Waals surface area contributed by atoms with Crippen LogP contribution in [-0.4, -0.2) is 18.0 Å². The lowest BCUT2D eigenvalue weighted by molar-refractivity contribution is 0.218. The third-order valence-corrected chi connectivity index (χ3v) is 3.45. The van der Waals surface area contributed by atoms with Gasteiger partial charge in [0.05, 0.1) is 0 Å². The van der Waals surface area contributed by atoms with Gasteiger partial charge in [-0.1, -0.05) is 18.6 Å². The molecule has 1 aromatic rings. The minimum Gasteiger partial charge on any atom is -0.324 e. The fraction of sp³-hybridized carbons (Fsp3) is 0.571. The Balaban J connectivity index is 2.05. The van der Waals surface area contributed by atoms with Crippen molar-refractivity contribution in [2.75, 3.05) is 13.1 Å². The Morgan fingerprint density at radius 1 is 1.29 bits per heavy atom. The highest BCUT2D eigenvalue weighted by atomic mass is 19.1. The number of nitrogens with zero attached hydrogens (tertiary/aromatic N) is 1. The van der Waals surface area contributed by atoms with Crippen LogP contribution in [0.25, 0.3) is 0 Å². The molecule has 1 aliphatic heterocycles. The Hall–Kier alpha value is -0.930. The van der Waals surface area contributed by atoms with Gasteiger partial charge in [-0.25, -0.2) is 4.39 Å². The van der Waals surface area contributed by atoms with Gasteiger partial charge in [-0.3, -0.25) is 4.90 Å². The van der Waals surface area contributed by atoms with Crippen molar-refractivity contribution < 1.29 is 4.39 Å². The third kappa shape index (κ3) is 3.27. The first kappa shape index (κ1) is 12.5. The van der Waals surface area contributed by atoms with Crippen LogP contribution >= 0.6 is 0 Å². The van der Waals surface area contributed by atoms with Crippen LogP contribution in [0.1, 0.15) is 43.4 Å². The first-order chi connectivity index (χ1) is 8.16. The van der Waals surface area contributed by atoms with Crippen molar-refractivity contribution in [3.05, 3.63) is 35.1 Å². The average molecular weight is 236 g/mol. The van der Waals surface area contributed by atoms with Crippen LogP contribution in [0.3, 0.4) is 0 Å². The maximum absolute atomic E-state index is 13.9. The van der Waals surface area contributed by atoms with Gasteiger partial charge >= 0.3 is 0 Å². The molecule has 0 bridgehead atoms. The van der Waals surface area contributed by atoms with Gasteiger partial charge in [0, 0.05) is 18.2 Å². The number of hydrogen-bond acceptors (Lipinski definition) is 2. The molecule has 1 saturated heterocycles. The van der Waals surface area contributed by atoms with Gasteiger partial charge in [-0.15, -0.1) is 0 Å². The van der Waals surface area contributed by atoms with Crippen molar-refractivity contribution in [3.63, 3.8) is 0 Å². The predicted octanol–water partition coefficient (Wildman–Crippen LogP) is 2.83. The quantitative estimate of drug-likeness (QED) is 0.874. The number of hydrogen-bond donors (Lipinski definition) is 1. The molecule has 1 aromatic carbocycles. The minimum atomic E-state index is -0.120. The summed E-state index contributed by atoms with van der Waals surface area (Å²) in [6, 6.07) is 5.29. The van der Waals surface area contributed by atoms with Gasteiger partial charge in [-0.2, -0.15) is 0 Å². The van der Waals surface area contributed by atoms with Crippen LogP contribution in [0.2, 0.25) is 0 Å². The summed E-state index contributed by atoms with van der Waals surface area (Å²) in [6.45, 7) is 4.78. The van der Waals surface area contributed by atoms with Gasteiger partial charge in [0.2, 0.25) is 0 Å². The zero-order valence-corrected chi connectivity index (χ0v) is 10.5. The Morgan fingerprint density at radius 3 is 2.59 bits per heavy atom. The Labute approximate surface area is 103 Å². The summed E-state index contributed by atoms with van der Waals surface area (Å²) in [5, 5.41) is 0. The van der Waals surface area contributed by atoms with E-state index >= 15 is 0 Å². The number of nitrogens with two attached hydrogens (primary N) is 1. The number of rotatable bonds is 3. The second-order valence-corrected chi connectivity index (χ2v) is 4.98. The summed E-state index contributed by atoms with van der Waals surface area (Å²) < 4.78 is 13.9. The largest absolute Gasteiger partial charge is 0.324 e. The Kier molecular flexibility index (Phi) is 4.13. The van der Waals surface area contributed by atoms with Crippen molar-refractivity contribution in [1.29, 1.82) is 0 Å². The monoisotopic (exact) mass is 236 g/mol. The Morgan fingerprint density at radius 2 is 2.00 bits per heavy atom. The van der Waals surface area contributed by atoms with E-state index in [4.69, 9.17) is 5.73 Å². The van der Waals surface area contributed by atoms with Crippen LogP contribution in [-0.2, 0) is 6.54 Å². The van der Waals surface area contributed by atoms with Crippen LogP contribution in [0, 0.1) is 5.82 Å². The van der Waals surface area contributed by atoms with E-state index in [1.165, 1.54) is 19.3 Å². The van der Waals surface area contributed by atoms with E-state index in [-0.39, 0.29) is 11.9 Å². The Bertz CT molecular complexity index is 370. The highest BCUT2D eigenvalue weighted by Gasteiger charge is 2.13.